The van der Waals surface area contributed by atoms with Gasteiger partial charge in [-0.1, -0.05) is 6.07 Å². The summed E-state index contributed by atoms with van der Waals surface area (Å²) in [6.07, 6.45) is 0. The minimum atomic E-state index is -0.0602. The van der Waals surface area contributed by atoms with Crippen molar-refractivity contribution in [1.29, 1.82) is 0 Å². The summed E-state index contributed by atoms with van der Waals surface area (Å²) in [5.41, 5.74) is 6.95. The first-order valence-corrected chi connectivity index (χ1v) is 4.47. The molecule has 4 heteroatoms. The molecule has 0 spiro atoms. The van der Waals surface area contributed by atoms with E-state index < -0.39 is 0 Å². The summed E-state index contributed by atoms with van der Waals surface area (Å²) in [6, 6.07) is 3.81. The van der Waals surface area contributed by atoms with Crippen molar-refractivity contribution in [2.24, 2.45) is 5.73 Å². The molecule has 0 radical (unpaired) electrons. The number of hydrogen-bond donors (Lipinski definition) is 2. The lowest BCUT2D eigenvalue weighted by atomic mass is 10.2. The predicted molar refractivity (Wildman–Crippen MR) is 48.4 cm³/mol. The Kier molecular flexibility index (Phi) is 1.62. The van der Waals surface area contributed by atoms with Crippen LogP contribution in [-0.2, 0) is 4.79 Å². The van der Waals surface area contributed by atoms with Crippen molar-refractivity contribution < 1.29 is 4.79 Å². The van der Waals surface area contributed by atoms with Crippen LogP contribution < -0.4 is 11.1 Å². The van der Waals surface area contributed by atoms with Crippen LogP contribution in [-0.4, -0.2) is 12.5 Å². The minimum absolute atomic E-state index is 0.0602. The number of carbonyl (C=O) groups excluding carboxylic acids is 1. The van der Waals surface area contributed by atoms with Crippen LogP contribution in [0.25, 0.3) is 5.57 Å². The van der Waals surface area contributed by atoms with Crippen LogP contribution in [0.5, 0.6) is 0 Å². The number of nitrogens with one attached hydrogen (secondary N) is 1. The van der Waals surface area contributed by atoms with Crippen molar-refractivity contribution >= 4 is 22.8 Å². The Morgan fingerprint density at radius 3 is 2.92 bits per heavy atom. The van der Waals surface area contributed by atoms with Gasteiger partial charge in [0.05, 0.1) is 12.1 Å². The largest absolute Gasteiger partial charge is 0.400 e. The molecule has 0 saturated carbocycles. The molecular weight excluding hydrogens is 172 g/mol. The van der Waals surface area contributed by atoms with E-state index in [-0.39, 0.29) is 5.91 Å². The smallest absolute Gasteiger partial charge is 0.254 e. The lowest BCUT2D eigenvalue weighted by molar-refractivity contribution is -0.114. The predicted octanol–water partition coefficient (Wildman–Crippen LogP) is 0.548. The number of carbonyl (C=O) groups is 1. The van der Waals surface area contributed by atoms with E-state index in [2.05, 4.69) is 5.32 Å². The van der Waals surface area contributed by atoms with Gasteiger partial charge in [-0.2, -0.15) is 0 Å². The number of nitrogens with two attached hydrogens (primary N) is 1. The molecule has 1 aromatic heterocycles. The number of hydrogen-bond acceptors (Lipinski definition) is 3. The van der Waals surface area contributed by atoms with Crippen molar-refractivity contribution in [1.82, 2.24) is 5.32 Å². The fraction of sp³-hybridized carbons (Fsp3) is 0.125. The quantitative estimate of drug-likeness (QED) is 0.663. The summed E-state index contributed by atoms with van der Waals surface area (Å²) < 4.78 is 0. The molecule has 2 rings (SSSR count). The summed E-state index contributed by atoms with van der Waals surface area (Å²) in [7, 11) is 0. The second-order valence-corrected chi connectivity index (χ2v) is 3.51. The SMILES string of the molecule is NC1=C(c2cccs2)C(=O)NC1. The Morgan fingerprint density at radius 2 is 2.42 bits per heavy atom. The summed E-state index contributed by atoms with van der Waals surface area (Å²) in [5, 5.41) is 4.61. The van der Waals surface area contributed by atoms with Crippen LogP contribution in [0.15, 0.2) is 23.2 Å². The zero-order valence-electron chi connectivity index (χ0n) is 6.33. The zero-order valence-corrected chi connectivity index (χ0v) is 7.15. The van der Waals surface area contributed by atoms with Crippen molar-refractivity contribution in [3.8, 4) is 0 Å². The normalized spacial score (nSPS) is 16.8. The minimum Gasteiger partial charge on any atom is -0.400 e. The Bertz CT molecular complexity index is 340. The highest BCUT2D eigenvalue weighted by molar-refractivity contribution is 7.11. The van der Waals surface area contributed by atoms with Gasteiger partial charge in [-0.05, 0) is 11.4 Å². The highest BCUT2D eigenvalue weighted by atomic mass is 32.1. The molecule has 0 bridgehead atoms. The van der Waals surface area contributed by atoms with Gasteiger partial charge < -0.3 is 11.1 Å². The maximum absolute atomic E-state index is 11.2. The van der Waals surface area contributed by atoms with E-state index in [9.17, 15) is 4.79 Å². The van der Waals surface area contributed by atoms with E-state index >= 15 is 0 Å². The Hall–Kier alpha value is -1.29. The molecule has 1 amide bonds. The van der Waals surface area contributed by atoms with Gasteiger partial charge in [-0.25, -0.2) is 0 Å². The Balaban J connectivity index is 2.47. The summed E-state index contributed by atoms with van der Waals surface area (Å²) in [6.45, 7) is 0.478. The summed E-state index contributed by atoms with van der Waals surface area (Å²) >= 11 is 1.53. The van der Waals surface area contributed by atoms with Crippen LogP contribution in [0.1, 0.15) is 4.88 Å². The van der Waals surface area contributed by atoms with E-state index in [1.54, 1.807) is 0 Å². The Labute approximate surface area is 73.9 Å². The van der Waals surface area contributed by atoms with Crippen molar-refractivity contribution in [2.45, 2.75) is 0 Å². The molecule has 62 valence electrons. The van der Waals surface area contributed by atoms with Crippen LogP contribution in [0.2, 0.25) is 0 Å². The van der Waals surface area contributed by atoms with Crippen LogP contribution in [0, 0.1) is 0 Å². The Morgan fingerprint density at radius 1 is 1.58 bits per heavy atom. The molecule has 1 aliphatic rings. The molecule has 12 heavy (non-hydrogen) atoms. The molecule has 0 aromatic carbocycles. The third kappa shape index (κ3) is 1.00. The third-order valence-electron chi connectivity index (χ3n) is 1.76. The van der Waals surface area contributed by atoms with Crippen molar-refractivity contribution in [3.05, 3.63) is 28.1 Å². The maximum atomic E-state index is 11.2. The summed E-state index contributed by atoms with van der Waals surface area (Å²) in [5.74, 6) is -0.0602. The highest BCUT2D eigenvalue weighted by Crippen LogP contribution is 2.24. The maximum Gasteiger partial charge on any atom is 0.254 e. The van der Waals surface area contributed by atoms with Gasteiger partial charge >= 0.3 is 0 Å². The topological polar surface area (TPSA) is 55.1 Å². The molecule has 3 nitrogen and oxygen atoms in total. The van der Waals surface area contributed by atoms with Gasteiger partial charge in [-0.15, -0.1) is 11.3 Å². The fourth-order valence-electron chi connectivity index (χ4n) is 1.19. The fourth-order valence-corrected chi connectivity index (χ4v) is 1.99. The number of amides is 1. The zero-order chi connectivity index (χ0) is 8.55. The number of thiophene rings is 1. The molecule has 0 atom stereocenters. The van der Waals surface area contributed by atoms with Gasteiger partial charge in [0.25, 0.3) is 5.91 Å². The molecule has 0 saturated heterocycles. The first-order valence-electron chi connectivity index (χ1n) is 3.60. The van der Waals surface area contributed by atoms with E-state index in [1.807, 2.05) is 17.5 Å². The second kappa shape index (κ2) is 2.64. The molecular formula is C8H8N2OS. The lowest BCUT2D eigenvalue weighted by Crippen LogP contribution is -2.17. The molecule has 1 aliphatic heterocycles. The molecule has 1 aromatic rings. The average molecular weight is 180 g/mol. The van der Waals surface area contributed by atoms with E-state index in [0.717, 1.165) is 4.88 Å². The van der Waals surface area contributed by atoms with Crippen LogP contribution in [0.4, 0.5) is 0 Å². The molecule has 0 fully saturated rings. The summed E-state index contributed by atoms with van der Waals surface area (Å²) in [4.78, 5) is 12.2. The first-order chi connectivity index (χ1) is 5.79. The van der Waals surface area contributed by atoms with E-state index in [1.165, 1.54) is 11.3 Å². The van der Waals surface area contributed by atoms with Gasteiger partial charge in [0.2, 0.25) is 0 Å². The van der Waals surface area contributed by atoms with Gasteiger partial charge in [0.1, 0.15) is 0 Å². The molecule has 2 heterocycles. The van der Waals surface area contributed by atoms with Crippen LogP contribution in [0.3, 0.4) is 0 Å². The monoisotopic (exact) mass is 180 g/mol. The van der Waals surface area contributed by atoms with Gasteiger partial charge in [-0.3, -0.25) is 4.79 Å². The molecule has 3 N–H and O–H groups in total. The molecule has 0 unspecified atom stereocenters. The van der Waals surface area contributed by atoms with E-state index in [0.29, 0.717) is 17.8 Å². The standard InChI is InChI=1S/C8H8N2OS/c9-5-4-10-8(11)7(5)6-2-1-3-12-6/h1-3H,4,9H2,(H,10,11). The third-order valence-corrected chi connectivity index (χ3v) is 2.64. The van der Waals surface area contributed by atoms with E-state index in [4.69, 9.17) is 5.73 Å². The van der Waals surface area contributed by atoms with Crippen LogP contribution >= 0.6 is 11.3 Å². The van der Waals surface area contributed by atoms with Gasteiger partial charge in [0.15, 0.2) is 0 Å². The lowest BCUT2D eigenvalue weighted by Gasteiger charge is -1.94. The average Bonchev–Trinajstić information content (AvgIpc) is 2.61. The van der Waals surface area contributed by atoms with Crippen molar-refractivity contribution in [3.63, 3.8) is 0 Å². The molecule has 0 aliphatic carbocycles. The first kappa shape index (κ1) is 7.36. The number of rotatable bonds is 1. The van der Waals surface area contributed by atoms with Crippen molar-refractivity contribution in [2.75, 3.05) is 6.54 Å². The van der Waals surface area contributed by atoms with Gasteiger partial charge in [0, 0.05) is 10.6 Å². The second-order valence-electron chi connectivity index (χ2n) is 2.56. The highest BCUT2D eigenvalue weighted by Gasteiger charge is 2.22.